The molecule has 1 saturated carbocycles. The molecule has 2 aromatic rings. The third-order valence-corrected chi connectivity index (χ3v) is 5.14. The van der Waals surface area contributed by atoms with E-state index in [0.29, 0.717) is 11.7 Å². The molecular weight excluding hydrogens is 288 g/mol. The SMILES string of the molecule is c1cc(-c2noc(CC3CN(CC4CCCCC4)C3)n2)ccn1. The van der Waals surface area contributed by atoms with Crippen LogP contribution in [0.1, 0.15) is 38.0 Å². The average molecular weight is 312 g/mol. The zero-order chi connectivity index (χ0) is 15.5. The molecule has 0 aromatic carbocycles. The minimum Gasteiger partial charge on any atom is -0.339 e. The minimum absolute atomic E-state index is 0.667. The van der Waals surface area contributed by atoms with Gasteiger partial charge in [-0.15, -0.1) is 0 Å². The molecule has 0 atom stereocenters. The van der Waals surface area contributed by atoms with Gasteiger partial charge in [-0.2, -0.15) is 4.98 Å². The second-order valence-electron chi connectivity index (χ2n) is 7.04. The minimum atomic E-state index is 0.667. The number of hydrogen-bond acceptors (Lipinski definition) is 5. The molecule has 0 bridgehead atoms. The lowest BCUT2D eigenvalue weighted by molar-refractivity contribution is 0.0687. The maximum atomic E-state index is 5.41. The molecule has 0 unspecified atom stereocenters. The largest absolute Gasteiger partial charge is 0.339 e. The van der Waals surface area contributed by atoms with Crippen LogP contribution < -0.4 is 0 Å². The Bertz CT molecular complexity index is 615. The van der Waals surface area contributed by atoms with Gasteiger partial charge in [0.1, 0.15) is 0 Å². The smallest absolute Gasteiger partial charge is 0.227 e. The normalized spacial score (nSPS) is 20.5. The van der Waals surface area contributed by atoms with E-state index in [9.17, 15) is 0 Å². The van der Waals surface area contributed by atoms with E-state index in [2.05, 4.69) is 20.0 Å². The third-order valence-electron chi connectivity index (χ3n) is 5.14. The van der Waals surface area contributed by atoms with Gasteiger partial charge in [-0.25, -0.2) is 0 Å². The van der Waals surface area contributed by atoms with Gasteiger partial charge in [0.15, 0.2) is 0 Å². The summed E-state index contributed by atoms with van der Waals surface area (Å²) >= 11 is 0. The highest BCUT2D eigenvalue weighted by Crippen LogP contribution is 2.28. The molecule has 5 nitrogen and oxygen atoms in total. The zero-order valence-corrected chi connectivity index (χ0v) is 13.5. The van der Waals surface area contributed by atoms with Gasteiger partial charge in [0.05, 0.1) is 0 Å². The fraction of sp³-hybridized carbons (Fsp3) is 0.611. The van der Waals surface area contributed by atoms with Crippen LogP contribution in [-0.2, 0) is 6.42 Å². The Morgan fingerprint density at radius 1 is 1.04 bits per heavy atom. The van der Waals surface area contributed by atoms with E-state index in [1.54, 1.807) is 12.4 Å². The van der Waals surface area contributed by atoms with Gasteiger partial charge < -0.3 is 9.42 Å². The van der Waals surface area contributed by atoms with Crippen molar-refractivity contribution in [1.29, 1.82) is 0 Å². The van der Waals surface area contributed by atoms with Crippen LogP contribution in [0.3, 0.4) is 0 Å². The standard InChI is InChI=1S/C18H24N4O/c1-2-4-14(5-3-1)11-22-12-15(13-22)10-17-20-18(21-23-17)16-6-8-19-9-7-16/h6-9,14-15H,1-5,10-13H2. The van der Waals surface area contributed by atoms with Gasteiger partial charge in [0, 0.05) is 44.0 Å². The number of hydrogen-bond donors (Lipinski definition) is 0. The summed E-state index contributed by atoms with van der Waals surface area (Å²) < 4.78 is 5.41. The van der Waals surface area contributed by atoms with Crippen molar-refractivity contribution in [2.75, 3.05) is 19.6 Å². The second-order valence-corrected chi connectivity index (χ2v) is 7.04. The van der Waals surface area contributed by atoms with Crippen LogP contribution in [0.25, 0.3) is 11.4 Å². The van der Waals surface area contributed by atoms with Crippen LogP contribution in [0.4, 0.5) is 0 Å². The van der Waals surface area contributed by atoms with E-state index >= 15 is 0 Å². The Morgan fingerprint density at radius 2 is 1.83 bits per heavy atom. The van der Waals surface area contributed by atoms with Crippen LogP contribution in [0.2, 0.25) is 0 Å². The van der Waals surface area contributed by atoms with Crippen LogP contribution in [0, 0.1) is 11.8 Å². The fourth-order valence-electron chi connectivity index (χ4n) is 3.89. The lowest BCUT2D eigenvalue weighted by atomic mass is 9.87. The molecule has 0 N–H and O–H groups in total. The van der Waals surface area contributed by atoms with Crippen LogP contribution in [0.15, 0.2) is 29.0 Å². The number of aromatic nitrogens is 3. The van der Waals surface area contributed by atoms with Crippen molar-refractivity contribution in [3.8, 4) is 11.4 Å². The van der Waals surface area contributed by atoms with Gasteiger partial charge >= 0.3 is 0 Å². The highest BCUT2D eigenvalue weighted by Gasteiger charge is 2.30. The average Bonchev–Trinajstić information content (AvgIpc) is 3.03. The van der Waals surface area contributed by atoms with Crippen LogP contribution in [-0.4, -0.2) is 39.7 Å². The van der Waals surface area contributed by atoms with Crippen molar-refractivity contribution >= 4 is 0 Å². The van der Waals surface area contributed by atoms with Gasteiger partial charge in [0.2, 0.25) is 11.7 Å². The second kappa shape index (κ2) is 6.79. The number of pyridine rings is 1. The van der Waals surface area contributed by atoms with E-state index in [1.165, 1.54) is 51.7 Å². The maximum Gasteiger partial charge on any atom is 0.227 e. The Kier molecular flexibility index (Phi) is 4.37. The van der Waals surface area contributed by atoms with Crippen molar-refractivity contribution in [3.05, 3.63) is 30.4 Å². The molecule has 0 radical (unpaired) electrons. The Hall–Kier alpha value is -1.75. The summed E-state index contributed by atoms with van der Waals surface area (Å²) in [5.74, 6) is 3.04. The molecule has 1 aliphatic heterocycles. The molecule has 1 aliphatic carbocycles. The van der Waals surface area contributed by atoms with Gasteiger partial charge in [0.25, 0.3) is 0 Å². The first-order valence-electron chi connectivity index (χ1n) is 8.82. The molecular formula is C18H24N4O. The molecule has 2 aromatic heterocycles. The summed E-state index contributed by atoms with van der Waals surface area (Å²) in [4.78, 5) is 11.1. The van der Waals surface area contributed by atoms with Crippen LogP contribution in [0.5, 0.6) is 0 Å². The summed E-state index contributed by atoms with van der Waals surface area (Å²) in [5.41, 5.74) is 0.961. The monoisotopic (exact) mass is 312 g/mol. The molecule has 23 heavy (non-hydrogen) atoms. The van der Waals surface area contributed by atoms with E-state index < -0.39 is 0 Å². The van der Waals surface area contributed by atoms with Crippen molar-refractivity contribution in [2.45, 2.75) is 38.5 Å². The van der Waals surface area contributed by atoms with Crippen molar-refractivity contribution in [1.82, 2.24) is 20.0 Å². The van der Waals surface area contributed by atoms with E-state index in [1.807, 2.05) is 12.1 Å². The lowest BCUT2D eigenvalue weighted by Gasteiger charge is -2.41. The summed E-state index contributed by atoms with van der Waals surface area (Å²) in [5, 5.41) is 4.08. The maximum absolute atomic E-state index is 5.41. The summed E-state index contributed by atoms with van der Waals surface area (Å²) in [6.07, 6.45) is 11.6. The quantitative estimate of drug-likeness (QED) is 0.848. The first-order valence-corrected chi connectivity index (χ1v) is 8.82. The van der Waals surface area contributed by atoms with Gasteiger partial charge in [-0.3, -0.25) is 4.98 Å². The summed E-state index contributed by atoms with van der Waals surface area (Å²) in [6.45, 7) is 3.66. The first kappa shape index (κ1) is 14.8. The predicted octanol–water partition coefficient (Wildman–Crippen LogP) is 3.19. The van der Waals surface area contributed by atoms with E-state index in [4.69, 9.17) is 4.52 Å². The molecule has 122 valence electrons. The molecule has 2 aliphatic rings. The molecule has 1 saturated heterocycles. The van der Waals surface area contributed by atoms with Crippen molar-refractivity contribution in [2.24, 2.45) is 11.8 Å². The molecule has 2 fully saturated rings. The zero-order valence-electron chi connectivity index (χ0n) is 13.5. The fourth-order valence-corrected chi connectivity index (χ4v) is 3.89. The molecule has 0 amide bonds. The molecule has 3 heterocycles. The van der Waals surface area contributed by atoms with Crippen molar-refractivity contribution in [3.63, 3.8) is 0 Å². The first-order chi connectivity index (χ1) is 11.4. The highest BCUT2D eigenvalue weighted by atomic mass is 16.5. The third kappa shape index (κ3) is 3.61. The number of nitrogens with zero attached hydrogens (tertiary/aromatic N) is 4. The molecule has 4 rings (SSSR count). The van der Waals surface area contributed by atoms with Crippen molar-refractivity contribution < 1.29 is 4.52 Å². The van der Waals surface area contributed by atoms with E-state index in [-0.39, 0.29) is 0 Å². The van der Waals surface area contributed by atoms with Gasteiger partial charge in [-0.05, 0) is 36.8 Å². The Labute approximate surface area is 137 Å². The number of likely N-dealkylation sites (tertiary alicyclic amines) is 1. The predicted molar refractivity (Wildman–Crippen MR) is 87.7 cm³/mol. The summed E-state index contributed by atoms with van der Waals surface area (Å²) in [7, 11) is 0. The van der Waals surface area contributed by atoms with E-state index in [0.717, 1.165) is 23.8 Å². The Balaban J connectivity index is 1.25. The molecule has 0 spiro atoms. The van der Waals surface area contributed by atoms with Crippen LogP contribution >= 0.6 is 0 Å². The topological polar surface area (TPSA) is 55.1 Å². The van der Waals surface area contributed by atoms with Gasteiger partial charge in [-0.1, -0.05) is 24.4 Å². The molecule has 5 heteroatoms. The highest BCUT2D eigenvalue weighted by molar-refractivity contribution is 5.52. The lowest BCUT2D eigenvalue weighted by Crippen LogP contribution is -2.49. The Morgan fingerprint density at radius 3 is 2.61 bits per heavy atom. The number of rotatable bonds is 5. The summed E-state index contributed by atoms with van der Waals surface area (Å²) in [6, 6.07) is 3.81.